The standard InChI is InChI=1S/C28H36FN5O4S.H2O/c1-18(35)32-17-39-16-23(33-27(37)38-28(2,3)4)26(36)31-15-19-14-30-25(20-10-6-8-12-22(20)29)21-11-7-9-13-24(21)34(19)5;/h6-13,19,23H,14-17H2,1-5H3,(H,31,36)(H,32,35)(H,33,37);1H2/t19?,23-;/m1./s1. The lowest BCUT2D eigenvalue weighted by molar-refractivity contribution is -0.122. The summed E-state index contributed by atoms with van der Waals surface area (Å²) in [6, 6.07) is 13.1. The number of carbonyl (C=O) groups is 3. The third-order valence-corrected chi connectivity index (χ3v) is 6.82. The Kier molecular flexibility index (Phi) is 11.9. The summed E-state index contributed by atoms with van der Waals surface area (Å²) in [5.74, 6) is -0.404. The summed E-state index contributed by atoms with van der Waals surface area (Å²) in [5.41, 5.74) is 1.92. The van der Waals surface area contributed by atoms with Gasteiger partial charge in [0.25, 0.3) is 0 Å². The van der Waals surface area contributed by atoms with E-state index >= 15 is 0 Å². The van der Waals surface area contributed by atoms with Gasteiger partial charge in [0, 0.05) is 43.1 Å². The Morgan fingerprint density at radius 1 is 1.10 bits per heavy atom. The predicted octanol–water partition coefficient (Wildman–Crippen LogP) is 2.49. The first kappa shape index (κ1) is 32.6. The lowest BCUT2D eigenvalue weighted by atomic mass is 10.00. The van der Waals surface area contributed by atoms with Gasteiger partial charge in [-0.1, -0.05) is 30.3 Å². The van der Waals surface area contributed by atoms with E-state index in [1.54, 1.807) is 39.0 Å². The first-order valence-electron chi connectivity index (χ1n) is 12.7. The van der Waals surface area contributed by atoms with Crippen LogP contribution in [0.25, 0.3) is 0 Å². The van der Waals surface area contributed by atoms with Crippen LogP contribution >= 0.6 is 11.8 Å². The second-order valence-electron chi connectivity index (χ2n) is 10.1. The molecule has 2 aromatic carbocycles. The molecule has 2 atom stereocenters. The van der Waals surface area contributed by atoms with Gasteiger partial charge in [-0.05, 0) is 39.0 Å². The zero-order valence-electron chi connectivity index (χ0n) is 23.4. The van der Waals surface area contributed by atoms with Crippen molar-refractivity contribution >= 4 is 41.1 Å². The van der Waals surface area contributed by atoms with E-state index in [4.69, 9.17) is 9.73 Å². The lowest BCUT2D eigenvalue weighted by Gasteiger charge is -2.29. The van der Waals surface area contributed by atoms with Crippen LogP contribution in [0.1, 0.15) is 38.8 Å². The summed E-state index contributed by atoms with van der Waals surface area (Å²) in [5, 5.41) is 8.22. The monoisotopic (exact) mass is 575 g/mol. The molecule has 1 aliphatic rings. The van der Waals surface area contributed by atoms with Gasteiger partial charge in [-0.15, -0.1) is 11.8 Å². The summed E-state index contributed by atoms with van der Waals surface area (Å²) in [6.07, 6.45) is -0.706. The number of rotatable bonds is 9. The van der Waals surface area contributed by atoms with Crippen molar-refractivity contribution < 1.29 is 29.0 Å². The number of hydrogen-bond donors (Lipinski definition) is 3. The maximum absolute atomic E-state index is 14.7. The highest BCUT2D eigenvalue weighted by Gasteiger charge is 2.28. The number of anilines is 1. The molecule has 40 heavy (non-hydrogen) atoms. The van der Waals surface area contributed by atoms with E-state index < -0.39 is 17.7 Å². The zero-order chi connectivity index (χ0) is 28.6. The highest BCUT2D eigenvalue weighted by Crippen LogP contribution is 2.28. The Balaban J connectivity index is 0.00000560. The molecular weight excluding hydrogens is 537 g/mol. The number of nitrogens with one attached hydrogen (secondary N) is 3. The van der Waals surface area contributed by atoms with Crippen molar-refractivity contribution in [1.82, 2.24) is 16.0 Å². The van der Waals surface area contributed by atoms with Gasteiger partial charge in [-0.2, -0.15) is 0 Å². The molecule has 5 N–H and O–H groups in total. The minimum Gasteiger partial charge on any atom is -0.444 e. The summed E-state index contributed by atoms with van der Waals surface area (Å²) in [4.78, 5) is 43.6. The average molecular weight is 576 g/mol. The number of benzene rings is 2. The predicted molar refractivity (Wildman–Crippen MR) is 156 cm³/mol. The molecule has 218 valence electrons. The number of thioether (sulfide) groups is 1. The van der Waals surface area contributed by atoms with Crippen molar-refractivity contribution in [2.75, 3.05) is 36.7 Å². The maximum Gasteiger partial charge on any atom is 0.408 e. The highest BCUT2D eigenvalue weighted by molar-refractivity contribution is 7.99. The molecule has 0 aliphatic carbocycles. The Hall–Kier alpha value is -3.64. The number of hydrogen-bond acceptors (Lipinski definition) is 7. The van der Waals surface area contributed by atoms with Crippen LogP contribution in [-0.4, -0.2) is 78.5 Å². The normalized spacial score (nSPS) is 15.4. The molecule has 3 rings (SSSR count). The second kappa shape index (κ2) is 14.7. The molecule has 1 heterocycles. The van der Waals surface area contributed by atoms with Crippen molar-refractivity contribution in [2.45, 2.75) is 45.4 Å². The van der Waals surface area contributed by atoms with Crippen molar-refractivity contribution in [3.8, 4) is 0 Å². The van der Waals surface area contributed by atoms with Crippen LogP contribution in [0.15, 0.2) is 53.5 Å². The van der Waals surface area contributed by atoms with E-state index in [9.17, 15) is 18.8 Å². The molecule has 12 heteroatoms. The minimum absolute atomic E-state index is 0. The number of fused-ring (bicyclic) bond motifs is 1. The summed E-state index contributed by atoms with van der Waals surface area (Å²) < 4.78 is 20.0. The Bertz CT molecular complexity index is 1220. The molecule has 1 unspecified atom stereocenters. The molecule has 0 spiro atoms. The van der Waals surface area contributed by atoms with Crippen LogP contribution in [0.3, 0.4) is 0 Å². The molecule has 3 amide bonds. The topological polar surface area (TPSA) is 144 Å². The van der Waals surface area contributed by atoms with Crippen molar-refractivity contribution in [3.05, 3.63) is 65.5 Å². The number of nitrogens with zero attached hydrogens (tertiary/aromatic N) is 2. The highest BCUT2D eigenvalue weighted by atomic mass is 32.2. The van der Waals surface area contributed by atoms with Crippen molar-refractivity contribution in [3.63, 3.8) is 0 Å². The molecule has 2 aromatic rings. The number of carbonyl (C=O) groups excluding carboxylic acids is 3. The molecule has 0 saturated carbocycles. The van der Waals surface area contributed by atoms with Crippen LogP contribution in [0, 0.1) is 5.82 Å². The SMILES string of the molecule is CC(=O)NCSC[C@@H](NC(=O)OC(C)(C)C)C(=O)NCC1CN=C(c2ccccc2F)c2ccccc2N1C.O. The number of alkyl carbamates (subject to hydrolysis) is 1. The van der Waals surface area contributed by atoms with Crippen LogP contribution in [0.2, 0.25) is 0 Å². The Labute approximate surface area is 238 Å². The fourth-order valence-corrected chi connectivity index (χ4v) is 4.86. The molecule has 0 saturated heterocycles. The van der Waals surface area contributed by atoms with Crippen molar-refractivity contribution in [2.24, 2.45) is 4.99 Å². The smallest absolute Gasteiger partial charge is 0.408 e. The molecule has 1 aliphatic heterocycles. The molecule has 10 nitrogen and oxygen atoms in total. The molecule has 0 aromatic heterocycles. The maximum atomic E-state index is 14.7. The molecule has 0 radical (unpaired) electrons. The van der Waals surface area contributed by atoms with Gasteiger partial charge in [-0.25, -0.2) is 9.18 Å². The lowest BCUT2D eigenvalue weighted by Crippen LogP contribution is -2.52. The fraction of sp³-hybridized carbons (Fsp3) is 0.429. The van der Waals surface area contributed by atoms with Crippen LogP contribution in [0.5, 0.6) is 0 Å². The van der Waals surface area contributed by atoms with Crippen molar-refractivity contribution in [1.29, 1.82) is 0 Å². The third kappa shape index (κ3) is 9.23. The van der Waals surface area contributed by atoms with Gasteiger partial charge in [0.1, 0.15) is 17.5 Å². The summed E-state index contributed by atoms with van der Waals surface area (Å²) >= 11 is 1.30. The first-order chi connectivity index (χ1) is 18.5. The number of halogens is 1. The number of benzodiazepines with no additional fused rings is 1. The zero-order valence-corrected chi connectivity index (χ0v) is 24.2. The number of likely N-dealkylation sites (N-methyl/N-ethyl adjacent to an activating group) is 1. The molecule has 0 bridgehead atoms. The van der Waals surface area contributed by atoms with Crippen LogP contribution in [0.4, 0.5) is 14.9 Å². The van der Waals surface area contributed by atoms with E-state index in [-0.39, 0.29) is 41.4 Å². The largest absolute Gasteiger partial charge is 0.444 e. The van der Waals surface area contributed by atoms with Gasteiger partial charge < -0.3 is 31.1 Å². The van der Waals surface area contributed by atoms with E-state index in [1.165, 1.54) is 24.8 Å². The second-order valence-corrected chi connectivity index (χ2v) is 11.2. The Morgan fingerprint density at radius 3 is 2.40 bits per heavy atom. The molecular formula is C28H38FN5O5S. The van der Waals surface area contributed by atoms with E-state index in [1.807, 2.05) is 36.2 Å². The van der Waals surface area contributed by atoms with E-state index in [0.717, 1.165) is 11.3 Å². The van der Waals surface area contributed by atoms with Gasteiger partial charge in [0.2, 0.25) is 11.8 Å². The van der Waals surface area contributed by atoms with Crippen LogP contribution < -0.4 is 20.9 Å². The summed E-state index contributed by atoms with van der Waals surface area (Å²) in [6.45, 7) is 7.18. The third-order valence-electron chi connectivity index (χ3n) is 5.90. The average Bonchev–Trinajstić information content (AvgIpc) is 3.00. The van der Waals surface area contributed by atoms with Gasteiger partial charge in [-0.3, -0.25) is 14.6 Å². The van der Waals surface area contributed by atoms with E-state index in [2.05, 4.69) is 16.0 Å². The summed E-state index contributed by atoms with van der Waals surface area (Å²) in [7, 11) is 1.91. The number of aliphatic imine (C=N–C) groups is 1. The quantitative estimate of drug-likeness (QED) is 0.310. The number of amides is 3. The Morgan fingerprint density at radius 2 is 1.75 bits per heavy atom. The fourth-order valence-electron chi connectivity index (χ4n) is 3.97. The minimum atomic E-state index is -0.889. The number of ether oxygens (including phenoxy) is 1. The van der Waals surface area contributed by atoms with E-state index in [0.29, 0.717) is 23.7 Å². The molecule has 0 fully saturated rings. The van der Waals surface area contributed by atoms with Gasteiger partial charge in [0.05, 0.1) is 24.2 Å². The van der Waals surface area contributed by atoms with Gasteiger partial charge in [0.15, 0.2) is 0 Å². The number of para-hydroxylation sites is 1. The first-order valence-corrected chi connectivity index (χ1v) is 13.8. The van der Waals surface area contributed by atoms with Gasteiger partial charge >= 0.3 is 6.09 Å². The van der Waals surface area contributed by atoms with Crippen LogP contribution in [-0.2, 0) is 14.3 Å².